The Kier molecular flexibility index (Phi) is 14.8. The summed E-state index contributed by atoms with van der Waals surface area (Å²) in [5, 5.41) is 0. The molecule has 1 heterocycles. The van der Waals surface area contributed by atoms with Gasteiger partial charge in [0, 0.05) is 19.3 Å². The molecule has 0 bridgehead atoms. The molecule has 1 aliphatic rings. The number of nitrogens with zero attached hydrogens (tertiary/aromatic N) is 1. The van der Waals surface area contributed by atoms with Crippen molar-refractivity contribution in [3.8, 4) is 0 Å². The molecule has 1 aliphatic heterocycles. The van der Waals surface area contributed by atoms with E-state index >= 15 is 0 Å². The zero-order valence-electron chi connectivity index (χ0n) is 19.1. The van der Waals surface area contributed by atoms with Gasteiger partial charge in [-0.25, -0.2) is 0 Å². The van der Waals surface area contributed by atoms with Gasteiger partial charge in [-0.05, 0) is 30.4 Å². The van der Waals surface area contributed by atoms with E-state index in [1.807, 2.05) is 12.2 Å². The average molecular weight is 386 g/mol. The minimum absolute atomic E-state index is 0.783. The number of hydrogen-bond donors (Lipinski definition) is 0. The van der Waals surface area contributed by atoms with Gasteiger partial charge in [0.05, 0.1) is 0 Å². The fourth-order valence-electron chi connectivity index (χ4n) is 4.50. The Bertz CT molecular complexity index is 471. The van der Waals surface area contributed by atoms with Gasteiger partial charge < -0.3 is 4.90 Å². The summed E-state index contributed by atoms with van der Waals surface area (Å²) in [6.45, 7) is 11.2. The smallest absolute Gasteiger partial charge is 0.0396 e. The summed E-state index contributed by atoms with van der Waals surface area (Å²) in [5.41, 5.74) is 2.74. The molecule has 1 rings (SSSR count). The number of likely N-dealkylation sites (N-methyl/N-ethyl adjacent to an activating group) is 1. The zero-order valence-corrected chi connectivity index (χ0v) is 19.1. The molecule has 0 N–H and O–H groups in total. The van der Waals surface area contributed by atoms with Crippen molar-refractivity contribution >= 4 is 0 Å². The normalized spacial score (nSPS) is 20.1. The predicted octanol–water partition coefficient (Wildman–Crippen LogP) is 8.60. The van der Waals surface area contributed by atoms with Gasteiger partial charge in [-0.1, -0.05) is 122 Å². The fourth-order valence-corrected chi connectivity index (χ4v) is 4.50. The van der Waals surface area contributed by atoms with E-state index in [9.17, 15) is 0 Å². The Labute approximate surface area is 176 Å². The summed E-state index contributed by atoms with van der Waals surface area (Å²) in [7, 11) is 2.21. The van der Waals surface area contributed by atoms with Crippen molar-refractivity contribution in [2.24, 2.45) is 5.92 Å². The van der Waals surface area contributed by atoms with Gasteiger partial charge in [-0.3, -0.25) is 0 Å². The van der Waals surface area contributed by atoms with Crippen molar-refractivity contribution in [2.45, 2.75) is 103 Å². The predicted molar refractivity (Wildman–Crippen MR) is 128 cm³/mol. The third kappa shape index (κ3) is 10.9. The Morgan fingerprint density at radius 3 is 1.79 bits per heavy atom. The standard InChI is InChI=1S/C27H47N/c1-5-8-9-10-11-12-13-14-15-16-17-18-19-22-25-23-26(20-6-2)27(21-7-3)28(4)24-25/h6-7,20-21,25H,2-3,5,8-19,22-24H2,1,4H3/b26-20-,27-21+. The minimum atomic E-state index is 0.783. The van der Waals surface area contributed by atoms with Crippen LogP contribution in [0, 0.1) is 5.92 Å². The third-order valence-electron chi connectivity index (χ3n) is 6.09. The highest BCUT2D eigenvalue weighted by Crippen LogP contribution is 2.32. The Morgan fingerprint density at radius 1 is 0.786 bits per heavy atom. The number of rotatable bonds is 16. The second-order valence-corrected chi connectivity index (χ2v) is 8.70. The van der Waals surface area contributed by atoms with Crippen molar-refractivity contribution < 1.29 is 0 Å². The van der Waals surface area contributed by atoms with Crippen LogP contribution in [0.3, 0.4) is 0 Å². The van der Waals surface area contributed by atoms with E-state index < -0.39 is 0 Å². The van der Waals surface area contributed by atoms with Crippen molar-refractivity contribution in [3.63, 3.8) is 0 Å². The summed E-state index contributed by atoms with van der Waals surface area (Å²) >= 11 is 0. The molecule has 0 saturated carbocycles. The second kappa shape index (κ2) is 16.7. The molecule has 1 saturated heterocycles. The molecular weight excluding hydrogens is 338 g/mol. The fraction of sp³-hybridized carbons (Fsp3) is 0.704. The maximum atomic E-state index is 3.89. The molecule has 160 valence electrons. The van der Waals surface area contributed by atoms with E-state index in [1.54, 1.807) is 0 Å². The molecule has 1 atom stereocenters. The van der Waals surface area contributed by atoms with E-state index in [0.29, 0.717) is 0 Å². The minimum Gasteiger partial charge on any atom is -0.374 e. The molecule has 0 aromatic carbocycles. The topological polar surface area (TPSA) is 3.24 Å². The highest BCUT2D eigenvalue weighted by Gasteiger charge is 2.23. The number of piperidine rings is 1. The van der Waals surface area contributed by atoms with Gasteiger partial charge in [0.2, 0.25) is 0 Å². The Balaban J connectivity index is 2.06. The number of allylic oxidation sites excluding steroid dienone is 5. The van der Waals surface area contributed by atoms with E-state index in [-0.39, 0.29) is 0 Å². The first kappa shape index (κ1) is 24.8. The van der Waals surface area contributed by atoms with Gasteiger partial charge >= 0.3 is 0 Å². The van der Waals surface area contributed by atoms with Crippen LogP contribution in [0.4, 0.5) is 0 Å². The van der Waals surface area contributed by atoms with Crippen molar-refractivity contribution in [1.82, 2.24) is 4.90 Å². The largest absolute Gasteiger partial charge is 0.374 e. The summed E-state index contributed by atoms with van der Waals surface area (Å²) in [6.07, 6.45) is 29.3. The van der Waals surface area contributed by atoms with Crippen LogP contribution in [-0.4, -0.2) is 18.5 Å². The van der Waals surface area contributed by atoms with Crippen LogP contribution < -0.4 is 0 Å². The lowest BCUT2D eigenvalue weighted by Gasteiger charge is -2.35. The molecule has 0 radical (unpaired) electrons. The van der Waals surface area contributed by atoms with E-state index in [4.69, 9.17) is 0 Å². The molecule has 0 aromatic rings. The van der Waals surface area contributed by atoms with Crippen LogP contribution in [0.2, 0.25) is 0 Å². The number of hydrogen-bond acceptors (Lipinski definition) is 1. The van der Waals surface area contributed by atoms with Crippen LogP contribution in [0.5, 0.6) is 0 Å². The average Bonchev–Trinajstić information content (AvgIpc) is 2.68. The summed E-state index contributed by atoms with van der Waals surface area (Å²) in [6, 6.07) is 0. The molecule has 1 unspecified atom stereocenters. The molecular formula is C27H47N. The van der Waals surface area contributed by atoms with Crippen molar-refractivity contribution in [2.75, 3.05) is 13.6 Å². The van der Waals surface area contributed by atoms with Crippen LogP contribution in [-0.2, 0) is 0 Å². The van der Waals surface area contributed by atoms with Crippen LogP contribution in [0.25, 0.3) is 0 Å². The van der Waals surface area contributed by atoms with Gasteiger partial charge in [0.1, 0.15) is 0 Å². The first-order valence-electron chi connectivity index (χ1n) is 12.1. The first-order chi connectivity index (χ1) is 13.7. The SMILES string of the molecule is C=C/C=C1/CC(CCCCCCCCCCCCCCC)CN(C)/C1=C/C=C. The second-order valence-electron chi connectivity index (χ2n) is 8.70. The highest BCUT2D eigenvalue weighted by molar-refractivity contribution is 5.36. The lowest BCUT2D eigenvalue weighted by Crippen LogP contribution is -2.32. The maximum Gasteiger partial charge on any atom is 0.0396 e. The Morgan fingerprint density at radius 2 is 1.29 bits per heavy atom. The van der Waals surface area contributed by atoms with Crippen molar-refractivity contribution in [3.05, 3.63) is 48.7 Å². The molecule has 0 aromatic heterocycles. The van der Waals surface area contributed by atoms with E-state index in [2.05, 4.69) is 44.2 Å². The number of likely N-dealkylation sites (tertiary alicyclic amines) is 1. The number of unbranched alkanes of at least 4 members (excludes halogenated alkanes) is 12. The van der Waals surface area contributed by atoms with Gasteiger partial charge in [-0.15, -0.1) is 0 Å². The molecule has 1 heteroatoms. The lowest BCUT2D eigenvalue weighted by atomic mass is 9.87. The summed E-state index contributed by atoms with van der Waals surface area (Å²) in [5.74, 6) is 0.783. The van der Waals surface area contributed by atoms with Gasteiger partial charge in [0.25, 0.3) is 0 Å². The summed E-state index contributed by atoms with van der Waals surface area (Å²) < 4.78 is 0. The monoisotopic (exact) mass is 385 g/mol. The van der Waals surface area contributed by atoms with Gasteiger partial charge in [0.15, 0.2) is 0 Å². The van der Waals surface area contributed by atoms with Crippen LogP contribution in [0.15, 0.2) is 48.7 Å². The zero-order chi connectivity index (χ0) is 20.5. The molecule has 0 amide bonds. The lowest BCUT2D eigenvalue weighted by molar-refractivity contribution is 0.281. The maximum absolute atomic E-state index is 3.89. The summed E-state index contributed by atoms with van der Waals surface area (Å²) in [4.78, 5) is 2.40. The third-order valence-corrected chi connectivity index (χ3v) is 6.09. The molecule has 0 aliphatic carbocycles. The highest BCUT2D eigenvalue weighted by atomic mass is 15.1. The van der Waals surface area contributed by atoms with E-state index in [1.165, 1.54) is 114 Å². The molecule has 0 spiro atoms. The van der Waals surface area contributed by atoms with Crippen molar-refractivity contribution in [1.29, 1.82) is 0 Å². The Hall–Kier alpha value is -1.24. The first-order valence-corrected chi connectivity index (χ1v) is 12.1. The van der Waals surface area contributed by atoms with Crippen LogP contribution in [0.1, 0.15) is 103 Å². The van der Waals surface area contributed by atoms with Gasteiger partial charge in [-0.2, -0.15) is 0 Å². The molecule has 28 heavy (non-hydrogen) atoms. The molecule has 1 nitrogen and oxygen atoms in total. The van der Waals surface area contributed by atoms with E-state index in [0.717, 1.165) is 5.92 Å². The quantitative estimate of drug-likeness (QED) is 0.240. The van der Waals surface area contributed by atoms with Crippen LogP contribution >= 0.6 is 0 Å². The molecule has 1 fully saturated rings.